The minimum Gasteiger partial charge on any atom is -0.397 e. The van der Waals surface area contributed by atoms with E-state index in [4.69, 9.17) is 5.73 Å². The number of nitrogens with one attached hydrogen (secondary N) is 1. The zero-order valence-electron chi connectivity index (χ0n) is 15.9. The highest BCUT2D eigenvalue weighted by atomic mass is 32.1. The number of thiophene rings is 1. The number of benzene rings is 2. The first-order valence-electron chi connectivity index (χ1n) is 8.96. The molecule has 28 heavy (non-hydrogen) atoms. The van der Waals surface area contributed by atoms with Crippen molar-refractivity contribution in [2.45, 2.75) is 19.3 Å². The zero-order chi connectivity index (χ0) is 20.1. The van der Waals surface area contributed by atoms with E-state index in [1.807, 2.05) is 49.6 Å². The topological polar surface area (TPSA) is 75.4 Å². The minimum absolute atomic E-state index is 0.0213. The standard InChI is InChI=1S/C22H21N3O2S/c1-22(2)15-11-14(7-9-18(15)25(3)21(22)27)20(26)24-17-12-13(6-8-16(17)23)19-5-4-10-28-19/h4-12H,23H2,1-3H3,(H,24,26). The van der Waals surface area contributed by atoms with Crippen molar-refractivity contribution in [2.75, 3.05) is 23.0 Å². The van der Waals surface area contributed by atoms with Crippen LogP contribution < -0.4 is 16.0 Å². The summed E-state index contributed by atoms with van der Waals surface area (Å²) < 4.78 is 0. The number of hydrogen-bond donors (Lipinski definition) is 2. The Bertz CT molecular complexity index is 1090. The molecule has 0 saturated carbocycles. The van der Waals surface area contributed by atoms with Gasteiger partial charge in [0.2, 0.25) is 5.91 Å². The maximum atomic E-state index is 12.9. The van der Waals surface area contributed by atoms with Gasteiger partial charge in [-0.3, -0.25) is 9.59 Å². The predicted octanol–water partition coefficient (Wildman–Crippen LogP) is 4.50. The molecule has 1 aliphatic rings. The Morgan fingerprint density at radius 3 is 2.64 bits per heavy atom. The van der Waals surface area contributed by atoms with Gasteiger partial charge in [-0.05, 0) is 66.8 Å². The molecule has 0 radical (unpaired) electrons. The Labute approximate surface area is 167 Å². The van der Waals surface area contributed by atoms with Crippen molar-refractivity contribution in [3.63, 3.8) is 0 Å². The van der Waals surface area contributed by atoms with Crippen LogP contribution in [0, 0.1) is 0 Å². The van der Waals surface area contributed by atoms with Gasteiger partial charge in [0.05, 0.1) is 16.8 Å². The SMILES string of the molecule is CN1C(=O)C(C)(C)c2cc(C(=O)Nc3cc(-c4cccs4)ccc3N)ccc21. The first-order valence-corrected chi connectivity index (χ1v) is 9.84. The van der Waals surface area contributed by atoms with E-state index in [0.29, 0.717) is 16.9 Å². The Morgan fingerprint density at radius 2 is 1.93 bits per heavy atom. The molecule has 3 aromatic rings. The molecule has 0 spiro atoms. The maximum Gasteiger partial charge on any atom is 0.255 e. The summed E-state index contributed by atoms with van der Waals surface area (Å²) in [5, 5.41) is 4.92. The summed E-state index contributed by atoms with van der Waals surface area (Å²) in [6.45, 7) is 3.75. The number of rotatable bonds is 3. The first kappa shape index (κ1) is 18.3. The van der Waals surface area contributed by atoms with Crippen LogP contribution >= 0.6 is 11.3 Å². The molecule has 0 saturated heterocycles. The van der Waals surface area contributed by atoms with Gasteiger partial charge in [0, 0.05) is 23.2 Å². The minimum atomic E-state index is -0.654. The van der Waals surface area contributed by atoms with E-state index in [2.05, 4.69) is 5.32 Å². The van der Waals surface area contributed by atoms with E-state index in [1.54, 1.807) is 41.5 Å². The Kier molecular flexibility index (Phi) is 4.23. The first-order chi connectivity index (χ1) is 13.3. The van der Waals surface area contributed by atoms with E-state index in [-0.39, 0.29) is 11.8 Å². The summed E-state index contributed by atoms with van der Waals surface area (Å²) in [6, 6.07) is 15.0. The molecule has 5 nitrogen and oxygen atoms in total. The lowest BCUT2D eigenvalue weighted by Crippen LogP contribution is -2.33. The molecule has 2 heterocycles. The number of hydrogen-bond acceptors (Lipinski definition) is 4. The molecular weight excluding hydrogens is 370 g/mol. The molecule has 0 aliphatic carbocycles. The van der Waals surface area contributed by atoms with Crippen LogP contribution in [0.2, 0.25) is 0 Å². The third-order valence-electron chi connectivity index (χ3n) is 5.24. The molecule has 0 atom stereocenters. The molecule has 142 valence electrons. The summed E-state index contributed by atoms with van der Waals surface area (Å²) in [5.41, 5.74) is 9.69. The molecule has 0 bridgehead atoms. The number of fused-ring (bicyclic) bond motifs is 1. The highest BCUT2D eigenvalue weighted by molar-refractivity contribution is 7.13. The lowest BCUT2D eigenvalue weighted by Gasteiger charge is -2.17. The average molecular weight is 391 g/mol. The van der Waals surface area contributed by atoms with Crippen molar-refractivity contribution >= 4 is 40.2 Å². The third kappa shape index (κ3) is 2.86. The monoisotopic (exact) mass is 391 g/mol. The van der Waals surface area contributed by atoms with Crippen LogP contribution in [0.4, 0.5) is 17.1 Å². The normalized spacial score (nSPS) is 14.8. The van der Waals surface area contributed by atoms with Gasteiger partial charge < -0.3 is 16.0 Å². The van der Waals surface area contributed by atoms with Gasteiger partial charge in [-0.25, -0.2) is 0 Å². The second-order valence-corrected chi connectivity index (χ2v) is 8.40. The maximum absolute atomic E-state index is 12.9. The highest BCUT2D eigenvalue weighted by Crippen LogP contribution is 2.41. The van der Waals surface area contributed by atoms with Crippen LogP contribution in [-0.2, 0) is 10.2 Å². The van der Waals surface area contributed by atoms with Gasteiger partial charge in [0.15, 0.2) is 0 Å². The lowest BCUT2D eigenvalue weighted by atomic mass is 9.85. The van der Waals surface area contributed by atoms with E-state index < -0.39 is 5.41 Å². The lowest BCUT2D eigenvalue weighted by molar-refractivity contribution is -0.121. The smallest absolute Gasteiger partial charge is 0.255 e. The van der Waals surface area contributed by atoms with Crippen molar-refractivity contribution in [3.05, 3.63) is 65.0 Å². The zero-order valence-corrected chi connectivity index (χ0v) is 16.8. The summed E-state index contributed by atoms with van der Waals surface area (Å²) in [4.78, 5) is 28.1. The number of likely N-dealkylation sites (N-methyl/N-ethyl adjacent to an activating group) is 1. The molecule has 4 rings (SSSR count). The second-order valence-electron chi connectivity index (χ2n) is 7.45. The molecule has 0 unspecified atom stereocenters. The molecule has 0 fully saturated rings. The van der Waals surface area contributed by atoms with E-state index in [1.165, 1.54) is 0 Å². The van der Waals surface area contributed by atoms with Crippen molar-refractivity contribution in [1.29, 1.82) is 0 Å². The molecule has 3 N–H and O–H groups in total. The highest BCUT2D eigenvalue weighted by Gasteiger charge is 2.42. The molecule has 6 heteroatoms. The summed E-state index contributed by atoms with van der Waals surface area (Å²) in [5.74, 6) is -0.233. The number of nitrogens with two attached hydrogens (primary N) is 1. The number of nitrogens with zero attached hydrogens (tertiary/aromatic N) is 1. The van der Waals surface area contributed by atoms with Crippen LogP contribution in [0.15, 0.2) is 53.9 Å². The van der Waals surface area contributed by atoms with E-state index >= 15 is 0 Å². The van der Waals surface area contributed by atoms with Gasteiger partial charge in [-0.15, -0.1) is 11.3 Å². The summed E-state index contributed by atoms with van der Waals surface area (Å²) in [6.07, 6.45) is 0. The molecule has 1 aliphatic heterocycles. The average Bonchev–Trinajstić information content (AvgIpc) is 3.27. The van der Waals surface area contributed by atoms with E-state index in [0.717, 1.165) is 21.7 Å². The van der Waals surface area contributed by atoms with Crippen LogP contribution in [0.3, 0.4) is 0 Å². The number of amides is 2. The van der Waals surface area contributed by atoms with Gasteiger partial charge in [-0.2, -0.15) is 0 Å². The largest absolute Gasteiger partial charge is 0.397 e. The quantitative estimate of drug-likeness (QED) is 0.645. The van der Waals surface area contributed by atoms with Crippen molar-refractivity contribution in [3.8, 4) is 10.4 Å². The molecule has 2 aromatic carbocycles. The Hall–Kier alpha value is -3.12. The number of nitrogen functional groups attached to an aromatic ring is 1. The van der Waals surface area contributed by atoms with Gasteiger partial charge in [0.25, 0.3) is 5.91 Å². The van der Waals surface area contributed by atoms with Crippen molar-refractivity contribution < 1.29 is 9.59 Å². The van der Waals surface area contributed by atoms with Crippen LogP contribution in [0.1, 0.15) is 29.8 Å². The third-order valence-corrected chi connectivity index (χ3v) is 6.16. The van der Waals surface area contributed by atoms with Crippen LogP contribution in [0.5, 0.6) is 0 Å². The molecule has 2 amide bonds. The fourth-order valence-corrected chi connectivity index (χ4v) is 4.29. The Morgan fingerprint density at radius 1 is 1.14 bits per heavy atom. The predicted molar refractivity (Wildman–Crippen MR) is 115 cm³/mol. The number of anilines is 3. The number of carbonyl (C=O) groups excluding carboxylic acids is 2. The van der Waals surface area contributed by atoms with Crippen molar-refractivity contribution in [2.24, 2.45) is 0 Å². The molecule has 1 aromatic heterocycles. The van der Waals surface area contributed by atoms with Gasteiger partial charge in [0.1, 0.15) is 0 Å². The summed E-state index contributed by atoms with van der Waals surface area (Å²) in [7, 11) is 1.76. The Balaban J connectivity index is 1.65. The fraction of sp³-hybridized carbons (Fsp3) is 0.182. The van der Waals surface area contributed by atoms with E-state index in [9.17, 15) is 9.59 Å². The van der Waals surface area contributed by atoms with Crippen molar-refractivity contribution in [1.82, 2.24) is 0 Å². The van der Waals surface area contributed by atoms with Crippen LogP contribution in [0.25, 0.3) is 10.4 Å². The van der Waals surface area contributed by atoms with Crippen LogP contribution in [-0.4, -0.2) is 18.9 Å². The fourth-order valence-electron chi connectivity index (χ4n) is 3.57. The second kappa shape index (κ2) is 6.49. The van der Waals surface area contributed by atoms with Gasteiger partial charge in [-0.1, -0.05) is 12.1 Å². The molecular formula is C22H21N3O2S. The van der Waals surface area contributed by atoms with Gasteiger partial charge >= 0.3 is 0 Å². The summed E-state index contributed by atoms with van der Waals surface area (Å²) >= 11 is 1.63. The number of carbonyl (C=O) groups is 2.